The van der Waals surface area contributed by atoms with Crippen LogP contribution < -0.4 is 0 Å². The van der Waals surface area contributed by atoms with Crippen LogP contribution in [0.5, 0.6) is 0 Å². The van der Waals surface area contributed by atoms with Gasteiger partial charge in [0.2, 0.25) is 0 Å². The first-order valence-corrected chi connectivity index (χ1v) is 7.97. The Balaban J connectivity index is 1.71. The second kappa shape index (κ2) is 6.06. The predicted octanol–water partition coefficient (Wildman–Crippen LogP) is 4.33. The van der Waals surface area contributed by atoms with Gasteiger partial charge in [-0.05, 0) is 36.4 Å². The van der Waals surface area contributed by atoms with Crippen molar-refractivity contribution in [2.75, 3.05) is 0 Å². The lowest BCUT2D eigenvalue weighted by Crippen LogP contribution is -1.88. The van der Waals surface area contributed by atoms with Crippen LogP contribution in [0.1, 0.15) is 0 Å². The first kappa shape index (κ1) is 13.7. The quantitative estimate of drug-likeness (QED) is 0.564. The third-order valence-corrected chi connectivity index (χ3v) is 4.41. The highest BCUT2D eigenvalue weighted by atomic mass is 32.1. The summed E-state index contributed by atoms with van der Waals surface area (Å²) in [5, 5.41) is 0.943. The molecule has 0 radical (unpaired) electrons. The van der Waals surface area contributed by atoms with E-state index in [-0.39, 0.29) is 0 Å². The number of hydrogen-bond acceptors (Lipinski definition) is 5. The molecular formula is C18H12N4S. The topological polar surface area (TPSA) is 51.6 Å². The molecular weight excluding hydrogens is 304 g/mol. The van der Waals surface area contributed by atoms with Crippen molar-refractivity contribution in [1.82, 2.24) is 19.9 Å². The van der Waals surface area contributed by atoms with E-state index in [1.807, 2.05) is 60.9 Å². The van der Waals surface area contributed by atoms with Crippen LogP contribution >= 0.6 is 11.3 Å². The molecule has 0 saturated heterocycles. The molecule has 0 aliphatic carbocycles. The van der Waals surface area contributed by atoms with Crippen molar-refractivity contribution in [2.24, 2.45) is 0 Å². The average molecular weight is 316 g/mol. The molecule has 0 bridgehead atoms. The maximum absolute atomic E-state index is 4.71. The molecule has 110 valence electrons. The number of pyridine rings is 3. The normalized spacial score (nSPS) is 10.6. The zero-order valence-electron chi connectivity index (χ0n) is 12.1. The Bertz CT molecular complexity index is 920. The SMILES string of the molecule is c1ccc(-c2cccc(-c3cnc(-c4cccnc4)s3)n2)nc1. The first-order chi connectivity index (χ1) is 11.4. The highest BCUT2D eigenvalue weighted by Crippen LogP contribution is 2.31. The molecule has 0 atom stereocenters. The summed E-state index contributed by atoms with van der Waals surface area (Å²) in [6.07, 6.45) is 7.21. The molecule has 0 spiro atoms. The van der Waals surface area contributed by atoms with Crippen LogP contribution in [0.4, 0.5) is 0 Å². The van der Waals surface area contributed by atoms with Crippen molar-refractivity contribution in [1.29, 1.82) is 0 Å². The number of aromatic nitrogens is 4. The minimum absolute atomic E-state index is 0.861. The van der Waals surface area contributed by atoms with Gasteiger partial charge < -0.3 is 0 Å². The van der Waals surface area contributed by atoms with Crippen LogP contribution in [0.15, 0.2) is 73.3 Å². The van der Waals surface area contributed by atoms with Crippen LogP contribution in [-0.4, -0.2) is 19.9 Å². The smallest absolute Gasteiger partial charge is 0.125 e. The van der Waals surface area contributed by atoms with Gasteiger partial charge in [-0.15, -0.1) is 11.3 Å². The van der Waals surface area contributed by atoms with E-state index >= 15 is 0 Å². The van der Waals surface area contributed by atoms with E-state index in [4.69, 9.17) is 4.98 Å². The minimum Gasteiger partial charge on any atom is -0.264 e. The van der Waals surface area contributed by atoms with Gasteiger partial charge in [0.1, 0.15) is 5.01 Å². The lowest BCUT2D eigenvalue weighted by atomic mass is 10.2. The molecule has 0 saturated carbocycles. The Morgan fingerprint density at radius 1 is 0.696 bits per heavy atom. The molecule has 0 amide bonds. The van der Waals surface area contributed by atoms with E-state index in [9.17, 15) is 0 Å². The monoisotopic (exact) mass is 316 g/mol. The van der Waals surface area contributed by atoms with Crippen LogP contribution in [0, 0.1) is 0 Å². The largest absolute Gasteiger partial charge is 0.264 e. The van der Waals surface area contributed by atoms with E-state index in [0.717, 1.165) is 32.5 Å². The van der Waals surface area contributed by atoms with Gasteiger partial charge >= 0.3 is 0 Å². The van der Waals surface area contributed by atoms with E-state index in [2.05, 4.69) is 15.0 Å². The van der Waals surface area contributed by atoms with Gasteiger partial charge in [0.15, 0.2) is 0 Å². The summed E-state index contributed by atoms with van der Waals surface area (Å²) in [6, 6.07) is 15.7. The van der Waals surface area contributed by atoms with Crippen molar-refractivity contribution in [3.63, 3.8) is 0 Å². The molecule has 0 fully saturated rings. The predicted molar refractivity (Wildman–Crippen MR) is 91.8 cm³/mol. The summed E-state index contributed by atoms with van der Waals surface area (Å²) in [6.45, 7) is 0. The van der Waals surface area contributed by atoms with Crippen molar-refractivity contribution >= 4 is 11.3 Å². The van der Waals surface area contributed by atoms with Crippen LogP contribution in [0.25, 0.3) is 32.5 Å². The number of thiazole rings is 1. The molecule has 0 aliphatic heterocycles. The molecule has 0 unspecified atom stereocenters. The average Bonchev–Trinajstić information content (AvgIpc) is 3.14. The summed E-state index contributed by atoms with van der Waals surface area (Å²) in [5.41, 5.74) is 3.65. The third kappa shape index (κ3) is 2.86. The molecule has 4 heterocycles. The Hall–Kier alpha value is -2.92. The van der Waals surface area contributed by atoms with Crippen LogP contribution in [0.2, 0.25) is 0 Å². The Labute approximate surface area is 137 Å². The summed E-state index contributed by atoms with van der Waals surface area (Å²) >= 11 is 1.61. The van der Waals surface area contributed by atoms with Crippen molar-refractivity contribution in [3.8, 4) is 32.5 Å². The van der Waals surface area contributed by atoms with Crippen molar-refractivity contribution in [3.05, 3.63) is 73.3 Å². The highest BCUT2D eigenvalue weighted by molar-refractivity contribution is 7.18. The summed E-state index contributed by atoms with van der Waals surface area (Å²) in [5.74, 6) is 0. The molecule has 23 heavy (non-hydrogen) atoms. The van der Waals surface area contributed by atoms with E-state index in [0.29, 0.717) is 0 Å². The fourth-order valence-corrected chi connectivity index (χ4v) is 3.12. The second-order valence-electron chi connectivity index (χ2n) is 4.89. The number of rotatable bonds is 3. The maximum Gasteiger partial charge on any atom is 0.125 e. The highest BCUT2D eigenvalue weighted by Gasteiger charge is 2.09. The molecule has 0 N–H and O–H groups in total. The van der Waals surface area contributed by atoms with Gasteiger partial charge in [0.25, 0.3) is 0 Å². The van der Waals surface area contributed by atoms with Gasteiger partial charge in [-0.3, -0.25) is 9.97 Å². The van der Waals surface area contributed by atoms with E-state index in [1.165, 1.54) is 0 Å². The fraction of sp³-hybridized carbons (Fsp3) is 0. The van der Waals surface area contributed by atoms with E-state index in [1.54, 1.807) is 23.7 Å². The fourth-order valence-electron chi connectivity index (χ4n) is 2.24. The van der Waals surface area contributed by atoms with E-state index < -0.39 is 0 Å². The standard InChI is InChI=1S/C18H12N4S/c1-2-10-20-14(6-1)15-7-3-8-16(22-15)17-12-21-18(23-17)13-5-4-9-19-11-13/h1-12H. The second-order valence-corrected chi connectivity index (χ2v) is 5.93. The number of hydrogen-bond donors (Lipinski definition) is 0. The van der Waals surface area contributed by atoms with Crippen molar-refractivity contribution in [2.45, 2.75) is 0 Å². The Kier molecular flexibility index (Phi) is 3.62. The van der Waals surface area contributed by atoms with Gasteiger partial charge in [-0.2, -0.15) is 0 Å². The first-order valence-electron chi connectivity index (χ1n) is 7.15. The van der Waals surface area contributed by atoms with Crippen LogP contribution in [-0.2, 0) is 0 Å². The van der Waals surface area contributed by atoms with Gasteiger partial charge in [0, 0.05) is 30.4 Å². The zero-order valence-corrected chi connectivity index (χ0v) is 12.9. The molecule has 4 aromatic heterocycles. The molecule has 0 aliphatic rings. The van der Waals surface area contributed by atoms with Gasteiger partial charge in [0.05, 0.1) is 22.0 Å². The lowest BCUT2D eigenvalue weighted by molar-refractivity contribution is 1.25. The molecule has 4 aromatic rings. The Morgan fingerprint density at radius 2 is 1.61 bits per heavy atom. The zero-order chi connectivity index (χ0) is 15.5. The summed E-state index contributed by atoms with van der Waals surface area (Å²) in [4.78, 5) is 18.7. The third-order valence-electron chi connectivity index (χ3n) is 3.34. The molecule has 4 rings (SSSR count). The number of nitrogens with zero attached hydrogens (tertiary/aromatic N) is 4. The van der Waals surface area contributed by atoms with Gasteiger partial charge in [-0.1, -0.05) is 12.1 Å². The van der Waals surface area contributed by atoms with Crippen LogP contribution in [0.3, 0.4) is 0 Å². The Morgan fingerprint density at radius 3 is 2.43 bits per heavy atom. The lowest BCUT2D eigenvalue weighted by Gasteiger charge is -2.01. The van der Waals surface area contributed by atoms with Gasteiger partial charge in [-0.25, -0.2) is 9.97 Å². The molecule has 4 nitrogen and oxygen atoms in total. The minimum atomic E-state index is 0.861. The maximum atomic E-state index is 4.71. The summed E-state index contributed by atoms with van der Waals surface area (Å²) in [7, 11) is 0. The molecule has 0 aromatic carbocycles. The molecule has 5 heteroatoms. The van der Waals surface area contributed by atoms with Crippen molar-refractivity contribution < 1.29 is 0 Å². The summed E-state index contributed by atoms with van der Waals surface area (Å²) < 4.78 is 0.